The Kier molecular flexibility index (Phi) is 5.98. The highest BCUT2D eigenvalue weighted by atomic mass is 19.4. The largest absolute Gasteiger partial charge is 0.416 e. The van der Waals surface area contributed by atoms with Gasteiger partial charge in [0.05, 0.1) is 12.1 Å². The fraction of sp³-hybridized carbons (Fsp3) is 0.600. The summed E-state index contributed by atoms with van der Waals surface area (Å²) in [5.41, 5.74) is -0.167. The summed E-state index contributed by atoms with van der Waals surface area (Å²) in [4.78, 5) is 28.0. The summed E-state index contributed by atoms with van der Waals surface area (Å²) in [6.07, 6.45) is -1.02. The Bertz CT molecular complexity index is 736. The third-order valence-corrected chi connectivity index (χ3v) is 5.68. The molecule has 0 saturated carbocycles. The van der Waals surface area contributed by atoms with E-state index in [1.54, 1.807) is 20.2 Å². The van der Waals surface area contributed by atoms with E-state index in [1.807, 2.05) is 4.90 Å². The Morgan fingerprint density at radius 2 is 2.04 bits per heavy atom. The molecule has 0 radical (unpaired) electrons. The molecule has 8 heteroatoms. The second-order valence-electron chi connectivity index (χ2n) is 7.82. The van der Waals surface area contributed by atoms with Crippen LogP contribution in [-0.2, 0) is 15.8 Å². The second kappa shape index (κ2) is 8.11. The molecular weight excluding hydrogens is 371 g/mol. The zero-order valence-corrected chi connectivity index (χ0v) is 16.1. The Morgan fingerprint density at radius 3 is 2.71 bits per heavy atom. The van der Waals surface area contributed by atoms with E-state index in [0.29, 0.717) is 18.4 Å². The van der Waals surface area contributed by atoms with Crippen LogP contribution in [0.4, 0.5) is 13.2 Å². The molecule has 0 unspecified atom stereocenters. The minimum Gasteiger partial charge on any atom is -0.352 e. The van der Waals surface area contributed by atoms with Gasteiger partial charge in [-0.3, -0.25) is 14.5 Å². The first kappa shape index (κ1) is 20.6. The molecule has 2 heterocycles. The number of hydrogen-bond donors (Lipinski definition) is 1. The van der Waals surface area contributed by atoms with Gasteiger partial charge in [-0.15, -0.1) is 0 Å². The Hall–Kier alpha value is -2.09. The molecule has 5 nitrogen and oxygen atoms in total. The van der Waals surface area contributed by atoms with Crippen molar-refractivity contribution in [2.75, 3.05) is 20.6 Å². The average Bonchev–Trinajstić information content (AvgIpc) is 2.92. The molecule has 0 aliphatic carbocycles. The van der Waals surface area contributed by atoms with Crippen molar-refractivity contribution in [3.05, 3.63) is 35.4 Å². The van der Waals surface area contributed by atoms with Crippen molar-refractivity contribution in [3.63, 3.8) is 0 Å². The predicted molar refractivity (Wildman–Crippen MR) is 98.4 cm³/mol. The zero-order valence-electron chi connectivity index (χ0n) is 16.1. The van der Waals surface area contributed by atoms with Crippen LogP contribution in [0.1, 0.15) is 49.3 Å². The lowest BCUT2D eigenvalue weighted by Gasteiger charge is -2.33. The van der Waals surface area contributed by atoms with E-state index in [2.05, 4.69) is 5.32 Å². The third-order valence-electron chi connectivity index (χ3n) is 5.68. The van der Waals surface area contributed by atoms with Crippen LogP contribution in [0.2, 0.25) is 0 Å². The normalized spacial score (nSPS) is 26.2. The number of halogens is 3. The van der Waals surface area contributed by atoms with Crippen LogP contribution in [0.3, 0.4) is 0 Å². The lowest BCUT2D eigenvalue weighted by molar-refractivity contribution is -0.137. The van der Waals surface area contributed by atoms with E-state index < -0.39 is 11.7 Å². The number of likely N-dealkylation sites (tertiary alicyclic amines) is 1. The Morgan fingerprint density at radius 1 is 1.29 bits per heavy atom. The van der Waals surface area contributed by atoms with Gasteiger partial charge in [0.1, 0.15) is 0 Å². The van der Waals surface area contributed by atoms with Gasteiger partial charge in [-0.2, -0.15) is 13.2 Å². The zero-order chi connectivity index (χ0) is 20.5. The number of benzene rings is 1. The van der Waals surface area contributed by atoms with Crippen molar-refractivity contribution in [2.45, 2.75) is 56.4 Å². The minimum atomic E-state index is -4.42. The Balaban J connectivity index is 1.95. The summed E-state index contributed by atoms with van der Waals surface area (Å²) in [7, 11) is 3.32. The lowest BCUT2D eigenvalue weighted by Crippen LogP contribution is -2.48. The average molecular weight is 397 g/mol. The van der Waals surface area contributed by atoms with Crippen molar-refractivity contribution in [2.24, 2.45) is 0 Å². The molecule has 1 aromatic rings. The maximum Gasteiger partial charge on any atom is 0.416 e. The molecule has 154 valence electrons. The fourth-order valence-corrected chi connectivity index (χ4v) is 4.21. The van der Waals surface area contributed by atoms with E-state index in [-0.39, 0.29) is 36.5 Å². The number of likely N-dealkylation sites (N-methyl/N-ethyl adjacent to an activating group) is 1. The number of nitrogens with one attached hydrogen (secondary N) is 1. The number of alkyl halides is 3. The van der Waals surface area contributed by atoms with Gasteiger partial charge >= 0.3 is 6.18 Å². The summed E-state index contributed by atoms with van der Waals surface area (Å²) in [6, 6.07) is 4.73. The van der Waals surface area contributed by atoms with Crippen molar-refractivity contribution in [1.29, 1.82) is 0 Å². The van der Waals surface area contributed by atoms with Gasteiger partial charge in [-0.1, -0.05) is 18.6 Å². The van der Waals surface area contributed by atoms with Crippen LogP contribution < -0.4 is 5.32 Å². The molecule has 2 saturated heterocycles. The quantitative estimate of drug-likeness (QED) is 0.853. The molecule has 1 N–H and O–H groups in total. The maximum atomic E-state index is 13.2. The van der Waals surface area contributed by atoms with Crippen molar-refractivity contribution < 1.29 is 22.8 Å². The first-order chi connectivity index (χ1) is 13.2. The number of carbonyl (C=O) groups excluding carboxylic acids is 2. The maximum absolute atomic E-state index is 13.2. The van der Waals surface area contributed by atoms with Crippen molar-refractivity contribution >= 4 is 11.8 Å². The second-order valence-corrected chi connectivity index (χ2v) is 7.82. The van der Waals surface area contributed by atoms with Gasteiger partial charge in [0, 0.05) is 38.6 Å². The van der Waals surface area contributed by atoms with E-state index in [1.165, 1.54) is 17.0 Å². The van der Waals surface area contributed by atoms with Crippen molar-refractivity contribution in [1.82, 2.24) is 15.1 Å². The third kappa shape index (κ3) is 4.48. The van der Waals surface area contributed by atoms with Crippen LogP contribution in [0, 0.1) is 0 Å². The monoisotopic (exact) mass is 397 g/mol. The van der Waals surface area contributed by atoms with Gasteiger partial charge in [0.25, 0.3) is 0 Å². The first-order valence-electron chi connectivity index (χ1n) is 9.59. The number of amides is 2. The molecule has 3 atom stereocenters. The highest BCUT2D eigenvalue weighted by Gasteiger charge is 2.44. The molecule has 0 aromatic heterocycles. The van der Waals surface area contributed by atoms with Crippen LogP contribution in [0.5, 0.6) is 0 Å². The molecule has 0 bridgehead atoms. The van der Waals surface area contributed by atoms with Crippen LogP contribution in [0.15, 0.2) is 24.3 Å². The molecule has 1 aromatic carbocycles. The van der Waals surface area contributed by atoms with Crippen LogP contribution >= 0.6 is 0 Å². The minimum absolute atomic E-state index is 0.0294. The van der Waals surface area contributed by atoms with E-state index in [4.69, 9.17) is 0 Å². The molecule has 28 heavy (non-hydrogen) atoms. The van der Waals surface area contributed by atoms with Crippen LogP contribution in [-0.4, -0.2) is 54.3 Å². The molecule has 3 rings (SSSR count). The highest BCUT2D eigenvalue weighted by Crippen LogP contribution is 2.40. The molecular formula is C20H26F3N3O2. The molecule has 2 aliphatic heterocycles. The van der Waals surface area contributed by atoms with Gasteiger partial charge in [0.2, 0.25) is 11.8 Å². The number of carbonyl (C=O) groups is 2. The van der Waals surface area contributed by atoms with Crippen LogP contribution in [0.25, 0.3) is 0 Å². The first-order valence-corrected chi connectivity index (χ1v) is 9.59. The van der Waals surface area contributed by atoms with Gasteiger partial charge in [-0.25, -0.2) is 0 Å². The summed E-state index contributed by atoms with van der Waals surface area (Å²) >= 11 is 0. The number of rotatable bonds is 3. The number of hydrogen-bond acceptors (Lipinski definition) is 3. The summed E-state index contributed by atoms with van der Waals surface area (Å²) in [5.74, 6) is -0.135. The highest BCUT2D eigenvalue weighted by molar-refractivity contribution is 5.78. The SMILES string of the molecule is CN(C)C(=O)CN1[C@H](c2cccc(C(F)(F)F)c2)C[C@H]2NC(=O)CCCC[C@@H]21. The molecule has 2 amide bonds. The molecule has 2 aliphatic rings. The van der Waals surface area contributed by atoms with Crippen molar-refractivity contribution in [3.8, 4) is 0 Å². The standard InChI is InChI=1S/C20H26F3N3O2/c1-25(2)19(28)12-26-16-8-3-4-9-18(27)24-15(16)11-17(26)13-6-5-7-14(10-13)20(21,22)23/h5-7,10,15-17H,3-4,8-9,11-12H2,1-2H3,(H,24,27)/t15-,16+,17+/m1/s1. The number of fused-ring (bicyclic) bond motifs is 1. The Labute approximate surface area is 162 Å². The predicted octanol–water partition coefficient (Wildman–Crippen LogP) is 2.97. The lowest BCUT2D eigenvalue weighted by atomic mass is 9.97. The summed E-state index contributed by atoms with van der Waals surface area (Å²) in [6.45, 7) is 0.116. The summed E-state index contributed by atoms with van der Waals surface area (Å²) in [5, 5.41) is 3.03. The van der Waals surface area contributed by atoms with Gasteiger partial charge < -0.3 is 10.2 Å². The van der Waals surface area contributed by atoms with E-state index in [9.17, 15) is 22.8 Å². The van der Waals surface area contributed by atoms with Gasteiger partial charge in [-0.05, 0) is 37.0 Å². The topological polar surface area (TPSA) is 52.7 Å². The van der Waals surface area contributed by atoms with Gasteiger partial charge in [0.15, 0.2) is 0 Å². The molecule has 2 fully saturated rings. The fourth-order valence-electron chi connectivity index (χ4n) is 4.21. The number of nitrogens with zero attached hydrogens (tertiary/aromatic N) is 2. The van der Waals surface area contributed by atoms with E-state index in [0.717, 1.165) is 25.3 Å². The summed E-state index contributed by atoms with van der Waals surface area (Å²) < 4.78 is 39.6. The van der Waals surface area contributed by atoms with E-state index >= 15 is 0 Å². The smallest absolute Gasteiger partial charge is 0.352 e. The molecule has 0 spiro atoms.